The van der Waals surface area contributed by atoms with Crippen LogP contribution in [0.1, 0.15) is 42.9 Å². The van der Waals surface area contributed by atoms with E-state index in [0.29, 0.717) is 23.9 Å². The molecule has 28 heavy (non-hydrogen) atoms. The Morgan fingerprint density at radius 1 is 1.14 bits per heavy atom. The van der Waals surface area contributed by atoms with E-state index in [2.05, 4.69) is 22.3 Å². The molecule has 1 amide bonds. The summed E-state index contributed by atoms with van der Waals surface area (Å²) in [6, 6.07) is 15.2. The van der Waals surface area contributed by atoms with E-state index in [0.717, 1.165) is 12.1 Å². The fourth-order valence-electron chi connectivity index (χ4n) is 4.45. The van der Waals surface area contributed by atoms with Crippen molar-refractivity contribution in [1.82, 2.24) is 4.90 Å². The lowest BCUT2D eigenvalue weighted by atomic mass is 9.95. The zero-order chi connectivity index (χ0) is 19.5. The summed E-state index contributed by atoms with van der Waals surface area (Å²) in [5, 5.41) is 2.86. The van der Waals surface area contributed by atoms with E-state index >= 15 is 0 Å². The van der Waals surface area contributed by atoms with Gasteiger partial charge in [-0.2, -0.15) is 0 Å². The molecule has 0 radical (unpaired) electrons. The number of anilines is 1. The molecule has 1 saturated heterocycles. The molecule has 5 heteroatoms. The van der Waals surface area contributed by atoms with Gasteiger partial charge in [-0.15, -0.1) is 0 Å². The van der Waals surface area contributed by atoms with Gasteiger partial charge in [0.25, 0.3) is 5.91 Å². The molecule has 148 valence electrons. The number of aryl methyl sites for hydroxylation is 1. The third-order valence-corrected chi connectivity index (χ3v) is 5.92. The molecule has 0 spiro atoms. The van der Waals surface area contributed by atoms with Crippen molar-refractivity contribution in [1.29, 1.82) is 0 Å². The van der Waals surface area contributed by atoms with Crippen LogP contribution in [0.25, 0.3) is 0 Å². The molecule has 2 aromatic rings. The van der Waals surface area contributed by atoms with Crippen molar-refractivity contribution in [3.05, 3.63) is 65.5 Å². The second-order valence-electron chi connectivity index (χ2n) is 7.78. The molecule has 2 aromatic carbocycles. The average Bonchev–Trinajstić information content (AvgIpc) is 3.25. The second-order valence-corrected chi connectivity index (χ2v) is 7.78. The maximum Gasteiger partial charge on any atom is 0.255 e. The van der Waals surface area contributed by atoms with E-state index in [4.69, 9.17) is 4.74 Å². The Balaban J connectivity index is 1.60. The summed E-state index contributed by atoms with van der Waals surface area (Å²) in [4.78, 5) is 15.6. The number of nitrogens with one attached hydrogen (secondary N) is 1. The number of hydrogen-bond donors (Lipinski definition) is 1. The number of amides is 1. The predicted octanol–water partition coefficient (Wildman–Crippen LogP) is 4.46. The fourth-order valence-corrected chi connectivity index (χ4v) is 4.45. The summed E-state index contributed by atoms with van der Waals surface area (Å²) in [7, 11) is 0. The summed E-state index contributed by atoms with van der Waals surface area (Å²) >= 11 is 0. The van der Waals surface area contributed by atoms with Gasteiger partial charge >= 0.3 is 0 Å². The number of nitrogens with zero attached hydrogens (tertiary/aromatic N) is 1. The normalized spacial score (nSPS) is 23.6. The lowest BCUT2D eigenvalue weighted by molar-refractivity contribution is -0.143. The highest BCUT2D eigenvalue weighted by Gasteiger charge is 2.41. The predicted molar refractivity (Wildman–Crippen MR) is 108 cm³/mol. The van der Waals surface area contributed by atoms with Gasteiger partial charge in [-0.1, -0.05) is 49.2 Å². The van der Waals surface area contributed by atoms with Crippen molar-refractivity contribution in [3.8, 4) is 0 Å². The quantitative estimate of drug-likeness (QED) is 0.849. The standard InChI is InChI=1S/C23H27FN2O2/c1-16-11-12-18(15-20(16)24)25-23(27)22-21(17-7-3-2-4-8-17)26(13-14-28-22)19-9-5-6-10-19/h2-4,7-8,11-12,15,19,21-22H,5-6,9-10,13-14H2,1H3,(H,25,27)/t21-,22+/m0/s1. The van der Waals surface area contributed by atoms with Crippen LogP contribution in [0.3, 0.4) is 0 Å². The minimum Gasteiger partial charge on any atom is -0.365 e. The first-order valence-electron chi connectivity index (χ1n) is 10.1. The highest BCUT2D eigenvalue weighted by molar-refractivity contribution is 5.95. The number of morpholine rings is 1. The van der Waals surface area contributed by atoms with Crippen molar-refractivity contribution >= 4 is 11.6 Å². The van der Waals surface area contributed by atoms with Crippen LogP contribution in [0, 0.1) is 12.7 Å². The number of halogens is 1. The highest BCUT2D eigenvalue weighted by atomic mass is 19.1. The molecule has 0 unspecified atom stereocenters. The third-order valence-electron chi connectivity index (χ3n) is 5.92. The number of benzene rings is 2. The van der Waals surface area contributed by atoms with Gasteiger partial charge in [0.05, 0.1) is 12.6 Å². The molecule has 2 atom stereocenters. The summed E-state index contributed by atoms with van der Waals surface area (Å²) < 4.78 is 19.9. The molecule has 4 nitrogen and oxygen atoms in total. The molecule has 1 N–H and O–H groups in total. The van der Waals surface area contributed by atoms with E-state index in [-0.39, 0.29) is 17.8 Å². The first-order chi connectivity index (χ1) is 13.6. The van der Waals surface area contributed by atoms with Crippen molar-refractivity contribution in [3.63, 3.8) is 0 Å². The van der Waals surface area contributed by atoms with Crippen molar-refractivity contribution < 1.29 is 13.9 Å². The van der Waals surface area contributed by atoms with Crippen LogP contribution >= 0.6 is 0 Å². The summed E-state index contributed by atoms with van der Waals surface area (Å²) in [6.07, 6.45) is 4.19. The van der Waals surface area contributed by atoms with Crippen LogP contribution in [0.2, 0.25) is 0 Å². The smallest absolute Gasteiger partial charge is 0.255 e. The van der Waals surface area contributed by atoms with E-state index < -0.39 is 6.10 Å². The zero-order valence-electron chi connectivity index (χ0n) is 16.2. The number of carbonyl (C=O) groups is 1. The van der Waals surface area contributed by atoms with Gasteiger partial charge < -0.3 is 10.1 Å². The van der Waals surface area contributed by atoms with Gasteiger partial charge in [-0.05, 0) is 43.0 Å². The van der Waals surface area contributed by atoms with Crippen LogP contribution < -0.4 is 5.32 Å². The fraction of sp³-hybridized carbons (Fsp3) is 0.435. The van der Waals surface area contributed by atoms with Gasteiger partial charge in [-0.3, -0.25) is 9.69 Å². The Morgan fingerprint density at radius 2 is 1.89 bits per heavy atom. The zero-order valence-corrected chi connectivity index (χ0v) is 16.2. The Bertz CT molecular complexity index is 821. The molecule has 1 heterocycles. The van der Waals surface area contributed by atoms with E-state index in [9.17, 15) is 9.18 Å². The minimum absolute atomic E-state index is 0.131. The van der Waals surface area contributed by atoms with Crippen molar-refractivity contribution in [2.45, 2.75) is 50.8 Å². The minimum atomic E-state index is -0.624. The molecule has 0 bridgehead atoms. The largest absolute Gasteiger partial charge is 0.365 e. The van der Waals surface area contributed by atoms with Crippen LogP contribution in [0.5, 0.6) is 0 Å². The van der Waals surface area contributed by atoms with Gasteiger partial charge in [-0.25, -0.2) is 4.39 Å². The van der Waals surface area contributed by atoms with Crippen LogP contribution in [0.15, 0.2) is 48.5 Å². The van der Waals surface area contributed by atoms with Crippen molar-refractivity contribution in [2.75, 3.05) is 18.5 Å². The van der Waals surface area contributed by atoms with Crippen LogP contribution in [-0.4, -0.2) is 36.1 Å². The first-order valence-corrected chi connectivity index (χ1v) is 10.1. The monoisotopic (exact) mass is 382 g/mol. The lowest BCUT2D eigenvalue weighted by Crippen LogP contribution is -2.53. The number of hydrogen-bond acceptors (Lipinski definition) is 3. The highest BCUT2D eigenvalue weighted by Crippen LogP contribution is 2.36. The Labute approximate surface area is 165 Å². The number of rotatable bonds is 4. The SMILES string of the molecule is Cc1ccc(NC(=O)[C@@H]2OCCN(C3CCCC3)[C@H]2c2ccccc2)cc1F. The lowest BCUT2D eigenvalue weighted by Gasteiger charge is -2.44. The van der Waals surface area contributed by atoms with Gasteiger partial charge in [0.1, 0.15) is 5.82 Å². The van der Waals surface area contributed by atoms with Gasteiger partial charge in [0, 0.05) is 18.3 Å². The van der Waals surface area contributed by atoms with Crippen molar-refractivity contribution in [2.24, 2.45) is 0 Å². The molecule has 1 saturated carbocycles. The molecule has 2 aliphatic rings. The average molecular weight is 382 g/mol. The molecule has 0 aromatic heterocycles. The summed E-state index contributed by atoms with van der Waals surface area (Å²) in [5.74, 6) is -0.547. The topological polar surface area (TPSA) is 41.6 Å². The molecular formula is C23H27FN2O2. The molecular weight excluding hydrogens is 355 g/mol. The second kappa shape index (κ2) is 8.41. The van der Waals surface area contributed by atoms with Crippen LogP contribution in [0.4, 0.5) is 10.1 Å². The van der Waals surface area contributed by atoms with Gasteiger partial charge in [0.15, 0.2) is 6.10 Å². The maximum absolute atomic E-state index is 13.9. The first kappa shape index (κ1) is 19.1. The molecule has 4 rings (SSSR count). The third kappa shape index (κ3) is 3.96. The van der Waals surface area contributed by atoms with Gasteiger partial charge in [0.2, 0.25) is 0 Å². The van der Waals surface area contributed by atoms with Crippen LogP contribution in [-0.2, 0) is 9.53 Å². The number of carbonyl (C=O) groups excluding carboxylic acids is 1. The van der Waals surface area contributed by atoms with E-state index in [1.165, 1.54) is 31.7 Å². The van der Waals surface area contributed by atoms with E-state index in [1.807, 2.05) is 18.2 Å². The maximum atomic E-state index is 13.9. The molecule has 1 aliphatic heterocycles. The Hall–Kier alpha value is -2.24. The van der Waals surface area contributed by atoms with E-state index in [1.54, 1.807) is 19.1 Å². The Morgan fingerprint density at radius 3 is 2.61 bits per heavy atom. The molecule has 2 fully saturated rings. The number of ether oxygens (including phenoxy) is 1. The molecule has 1 aliphatic carbocycles. The Kier molecular flexibility index (Phi) is 5.74. The summed E-state index contributed by atoms with van der Waals surface area (Å²) in [6.45, 7) is 3.06. The summed E-state index contributed by atoms with van der Waals surface area (Å²) in [5.41, 5.74) is 2.10.